The molecule has 1 saturated heterocycles. The molecule has 1 aliphatic rings. The van der Waals surface area contributed by atoms with Gasteiger partial charge in [-0.15, -0.1) is 0 Å². The highest BCUT2D eigenvalue weighted by Crippen LogP contribution is 2.17. The Bertz CT molecular complexity index is 798. The summed E-state index contributed by atoms with van der Waals surface area (Å²) in [5.41, 5.74) is 0. The normalized spacial score (nSPS) is 18.0. The fourth-order valence-electron chi connectivity index (χ4n) is 2.89. The molecule has 1 unspecified atom stereocenters. The Morgan fingerprint density at radius 1 is 1.21 bits per heavy atom. The second-order valence-electron chi connectivity index (χ2n) is 5.75. The van der Waals surface area contributed by atoms with Crippen molar-refractivity contribution in [2.75, 3.05) is 24.6 Å². The number of morpholine rings is 1. The lowest BCUT2D eigenvalue weighted by Crippen LogP contribution is -2.44. The highest BCUT2D eigenvalue weighted by Gasteiger charge is 2.22. The number of hydrogen-bond acceptors (Lipinski definition) is 6. The van der Waals surface area contributed by atoms with E-state index in [0.717, 1.165) is 37.1 Å². The van der Waals surface area contributed by atoms with Crippen LogP contribution in [0.25, 0.3) is 5.82 Å². The molecule has 3 aromatic rings. The van der Waals surface area contributed by atoms with Crippen molar-refractivity contribution < 1.29 is 4.74 Å². The Kier molecular flexibility index (Phi) is 3.96. The quantitative estimate of drug-likeness (QED) is 0.714. The second kappa shape index (κ2) is 6.40. The molecule has 8 nitrogen and oxygen atoms in total. The minimum atomic E-state index is 0.0825. The predicted octanol–water partition coefficient (Wildman–Crippen LogP) is 1.07. The fourth-order valence-corrected chi connectivity index (χ4v) is 2.89. The Morgan fingerprint density at radius 2 is 2.12 bits per heavy atom. The maximum absolute atomic E-state index is 5.86. The highest BCUT2D eigenvalue weighted by atomic mass is 16.5. The maximum Gasteiger partial charge on any atom is 0.159 e. The van der Waals surface area contributed by atoms with E-state index in [-0.39, 0.29) is 6.10 Å². The van der Waals surface area contributed by atoms with Gasteiger partial charge in [-0.05, 0) is 13.0 Å². The summed E-state index contributed by atoms with van der Waals surface area (Å²) in [4.78, 5) is 15.5. The highest BCUT2D eigenvalue weighted by molar-refractivity contribution is 5.40. The number of hydrogen-bond donors (Lipinski definition) is 0. The van der Waals surface area contributed by atoms with Crippen LogP contribution in [0.15, 0.2) is 43.2 Å². The number of imidazole rings is 1. The van der Waals surface area contributed by atoms with Gasteiger partial charge in [0.2, 0.25) is 0 Å². The van der Waals surface area contributed by atoms with Crippen LogP contribution in [0.3, 0.4) is 0 Å². The molecule has 0 spiro atoms. The summed E-state index contributed by atoms with van der Waals surface area (Å²) in [5, 5.41) is 4.25. The zero-order valence-corrected chi connectivity index (χ0v) is 13.5. The minimum absolute atomic E-state index is 0.0825. The molecule has 0 amide bonds. The zero-order chi connectivity index (χ0) is 16.4. The number of nitrogens with zero attached hydrogens (tertiary/aromatic N) is 7. The molecule has 1 fully saturated rings. The fraction of sp³-hybridized carbons (Fsp3) is 0.375. The van der Waals surface area contributed by atoms with E-state index in [0.29, 0.717) is 6.61 Å². The molecule has 124 valence electrons. The molecule has 8 heteroatoms. The third-order valence-corrected chi connectivity index (χ3v) is 4.09. The van der Waals surface area contributed by atoms with Crippen molar-refractivity contribution in [3.05, 3.63) is 49.1 Å². The Labute approximate surface area is 139 Å². The number of aryl methyl sites for hydroxylation is 1. The van der Waals surface area contributed by atoms with E-state index in [1.165, 1.54) is 0 Å². The van der Waals surface area contributed by atoms with Crippen LogP contribution in [-0.4, -0.2) is 55.1 Å². The van der Waals surface area contributed by atoms with Gasteiger partial charge in [-0.3, -0.25) is 14.2 Å². The van der Waals surface area contributed by atoms with E-state index in [4.69, 9.17) is 9.72 Å². The molecule has 0 aliphatic carbocycles. The van der Waals surface area contributed by atoms with Crippen LogP contribution in [0, 0.1) is 6.92 Å². The van der Waals surface area contributed by atoms with Crippen molar-refractivity contribution in [2.45, 2.75) is 19.6 Å². The Balaban J connectivity index is 1.52. The van der Waals surface area contributed by atoms with Crippen LogP contribution in [-0.2, 0) is 11.3 Å². The molecule has 0 aromatic carbocycles. The summed E-state index contributed by atoms with van der Waals surface area (Å²) in [6.07, 6.45) is 11.0. The van der Waals surface area contributed by atoms with Gasteiger partial charge in [0.15, 0.2) is 5.82 Å². The molecule has 0 saturated carbocycles. The molecular weight excluding hydrogens is 306 g/mol. The predicted molar refractivity (Wildman–Crippen MR) is 88.1 cm³/mol. The van der Waals surface area contributed by atoms with Crippen LogP contribution in [0.5, 0.6) is 0 Å². The third-order valence-electron chi connectivity index (χ3n) is 4.09. The first-order valence-corrected chi connectivity index (χ1v) is 7.96. The zero-order valence-electron chi connectivity index (χ0n) is 13.5. The van der Waals surface area contributed by atoms with Crippen molar-refractivity contribution in [1.82, 2.24) is 29.3 Å². The van der Waals surface area contributed by atoms with E-state index >= 15 is 0 Å². The third kappa shape index (κ3) is 3.00. The van der Waals surface area contributed by atoms with E-state index in [9.17, 15) is 0 Å². The second-order valence-corrected chi connectivity index (χ2v) is 5.75. The number of ether oxygens (including phenoxy) is 1. The number of anilines is 1. The van der Waals surface area contributed by atoms with Gasteiger partial charge in [-0.25, -0.2) is 9.97 Å². The molecule has 0 bridgehead atoms. The van der Waals surface area contributed by atoms with Gasteiger partial charge in [0.1, 0.15) is 11.6 Å². The lowest BCUT2D eigenvalue weighted by Gasteiger charge is -2.33. The number of rotatable bonds is 4. The lowest BCUT2D eigenvalue weighted by molar-refractivity contribution is 0.0271. The standard InChI is InChI=1S/C16H19N7O/c1-13-18-4-6-23(13)16-10-17-9-15(20-16)21-7-8-24-14(11-21)12-22-5-2-3-19-22/h2-6,9-10,14H,7-8,11-12H2,1H3. The van der Waals surface area contributed by atoms with Crippen molar-refractivity contribution in [2.24, 2.45) is 0 Å². The summed E-state index contributed by atoms with van der Waals surface area (Å²) < 4.78 is 9.68. The maximum atomic E-state index is 5.86. The van der Waals surface area contributed by atoms with Crippen molar-refractivity contribution in [3.8, 4) is 5.82 Å². The molecule has 4 rings (SSSR count). The molecule has 24 heavy (non-hydrogen) atoms. The first-order chi connectivity index (χ1) is 11.8. The summed E-state index contributed by atoms with van der Waals surface area (Å²) in [6.45, 7) is 4.92. The number of aromatic nitrogens is 6. The van der Waals surface area contributed by atoms with Crippen LogP contribution in [0.1, 0.15) is 5.82 Å². The van der Waals surface area contributed by atoms with Gasteiger partial charge in [0, 0.05) is 37.9 Å². The average Bonchev–Trinajstić information content (AvgIpc) is 3.27. The average molecular weight is 325 g/mol. The van der Waals surface area contributed by atoms with E-state index < -0.39 is 0 Å². The van der Waals surface area contributed by atoms with Gasteiger partial charge in [-0.1, -0.05) is 0 Å². The van der Waals surface area contributed by atoms with Crippen molar-refractivity contribution in [3.63, 3.8) is 0 Å². The van der Waals surface area contributed by atoms with E-state index in [1.54, 1.807) is 24.8 Å². The molecular formula is C16H19N7O. The van der Waals surface area contributed by atoms with E-state index in [1.807, 2.05) is 34.6 Å². The summed E-state index contributed by atoms with van der Waals surface area (Å²) in [7, 11) is 0. The Hall–Kier alpha value is -2.74. The molecule has 4 heterocycles. The molecule has 1 atom stereocenters. The van der Waals surface area contributed by atoms with Gasteiger partial charge >= 0.3 is 0 Å². The van der Waals surface area contributed by atoms with Crippen LogP contribution < -0.4 is 4.90 Å². The molecule has 0 radical (unpaired) electrons. The van der Waals surface area contributed by atoms with Crippen LogP contribution in [0.2, 0.25) is 0 Å². The van der Waals surface area contributed by atoms with Crippen LogP contribution >= 0.6 is 0 Å². The lowest BCUT2D eigenvalue weighted by atomic mass is 10.2. The van der Waals surface area contributed by atoms with Gasteiger partial charge < -0.3 is 9.64 Å². The van der Waals surface area contributed by atoms with Crippen molar-refractivity contribution in [1.29, 1.82) is 0 Å². The first kappa shape index (κ1) is 14.8. The van der Waals surface area contributed by atoms with E-state index in [2.05, 4.69) is 20.0 Å². The van der Waals surface area contributed by atoms with Crippen molar-refractivity contribution >= 4 is 5.82 Å². The molecule has 1 aliphatic heterocycles. The SMILES string of the molecule is Cc1nccn1-c1cncc(N2CCOC(Cn3cccn3)C2)n1. The smallest absolute Gasteiger partial charge is 0.159 e. The Morgan fingerprint density at radius 3 is 2.92 bits per heavy atom. The van der Waals surface area contributed by atoms with Gasteiger partial charge in [0.05, 0.1) is 31.6 Å². The molecule has 3 aromatic heterocycles. The summed E-state index contributed by atoms with van der Waals surface area (Å²) in [6, 6.07) is 1.92. The largest absolute Gasteiger partial charge is 0.373 e. The first-order valence-electron chi connectivity index (χ1n) is 7.96. The monoisotopic (exact) mass is 325 g/mol. The summed E-state index contributed by atoms with van der Waals surface area (Å²) >= 11 is 0. The summed E-state index contributed by atoms with van der Waals surface area (Å²) in [5.74, 6) is 2.52. The minimum Gasteiger partial charge on any atom is -0.373 e. The van der Waals surface area contributed by atoms with Gasteiger partial charge in [-0.2, -0.15) is 5.10 Å². The van der Waals surface area contributed by atoms with Gasteiger partial charge in [0.25, 0.3) is 0 Å². The molecule has 0 N–H and O–H groups in total. The topological polar surface area (TPSA) is 73.9 Å². The van der Waals surface area contributed by atoms with Crippen LogP contribution in [0.4, 0.5) is 5.82 Å².